The van der Waals surface area contributed by atoms with Crippen molar-refractivity contribution >= 4 is 17.6 Å². The second-order valence-corrected chi connectivity index (χ2v) is 4.97. The molecule has 0 spiro atoms. The fourth-order valence-electron chi connectivity index (χ4n) is 1.97. The highest BCUT2D eigenvalue weighted by Gasteiger charge is 2.21. The number of carbonyl (C=O) groups excluding carboxylic acids is 1. The Balaban J connectivity index is 2.70. The molecule has 0 bridgehead atoms. The maximum absolute atomic E-state index is 11.9. The van der Waals surface area contributed by atoms with E-state index in [9.17, 15) is 4.79 Å². The summed E-state index contributed by atoms with van der Waals surface area (Å²) in [6.45, 7) is 6.30. The van der Waals surface area contributed by atoms with Crippen molar-refractivity contribution in [3.05, 3.63) is 34.9 Å². The molecule has 0 aliphatic rings. The van der Waals surface area contributed by atoms with Crippen LogP contribution >= 0.6 is 11.6 Å². The number of carbonyl (C=O) groups is 1. The predicted octanol–water partition coefficient (Wildman–Crippen LogP) is 3.72. The molecular formula is C15H22ClNO2. The molecule has 2 atom stereocenters. The molecule has 1 N–H and O–H groups in total. The molecule has 106 valence electrons. The van der Waals surface area contributed by atoms with Crippen LogP contribution in [0.1, 0.15) is 45.2 Å². The highest BCUT2D eigenvalue weighted by molar-refractivity contribution is 6.30. The van der Waals surface area contributed by atoms with Gasteiger partial charge < -0.3 is 4.74 Å². The van der Waals surface area contributed by atoms with Crippen LogP contribution in [0.3, 0.4) is 0 Å². The van der Waals surface area contributed by atoms with Crippen LogP contribution in [0, 0.1) is 0 Å². The summed E-state index contributed by atoms with van der Waals surface area (Å²) in [6, 6.07) is 7.45. The van der Waals surface area contributed by atoms with E-state index in [2.05, 4.69) is 12.2 Å². The van der Waals surface area contributed by atoms with E-state index in [-0.39, 0.29) is 18.1 Å². The van der Waals surface area contributed by atoms with E-state index in [1.807, 2.05) is 38.1 Å². The topological polar surface area (TPSA) is 38.3 Å². The maximum atomic E-state index is 11.9. The Morgan fingerprint density at radius 1 is 1.42 bits per heavy atom. The maximum Gasteiger partial charge on any atom is 0.323 e. The van der Waals surface area contributed by atoms with Crippen LogP contribution in [0.2, 0.25) is 5.02 Å². The molecule has 0 aromatic heterocycles. The zero-order chi connectivity index (χ0) is 14.3. The van der Waals surface area contributed by atoms with Crippen LogP contribution in [0.4, 0.5) is 0 Å². The molecule has 0 heterocycles. The Bertz CT molecular complexity index is 409. The molecule has 0 saturated carbocycles. The van der Waals surface area contributed by atoms with Gasteiger partial charge in [-0.25, -0.2) is 0 Å². The van der Waals surface area contributed by atoms with E-state index in [4.69, 9.17) is 16.3 Å². The number of esters is 1. The third-order valence-electron chi connectivity index (χ3n) is 2.95. The number of halogens is 1. The summed E-state index contributed by atoms with van der Waals surface area (Å²) < 4.78 is 5.09. The van der Waals surface area contributed by atoms with Gasteiger partial charge in [-0.1, -0.05) is 37.1 Å². The van der Waals surface area contributed by atoms with E-state index < -0.39 is 0 Å². The summed E-state index contributed by atoms with van der Waals surface area (Å²) in [5.74, 6) is -0.182. The fraction of sp³-hybridized carbons (Fsp3) is 0.533. The quantitative estimate of drug-likeness (QED) is 0.775. The normalized spacial score (nSPS) is 13.9. The van der Waals surface area contributed by atoms with Gasteiger partial charge in [-0.15, -0.1) is 0 Å². The summed E-state index contributed by atoms with van der Waals surface area (Å²) in [6.07, 6.45) is 1.70. The van der Waals surface area contributed by atoms with Crippen LogP contribution in [-0.4, -0.2) is 18.6 Å². The lowest BCUT2D eigenvalue weighted by Crippen LogP contribution is -2.39. The van der Waals surface area contributed by atoms with Gasteiger partial charge in [0.2, 0.25) is 0 Å². The number of hydrogen-bond acceptors (Lipinski definition) is 3. The van der Waals surface area contributed by atoms with E-state index in [0.29, 0.717) is 11.6 Å². The summed E-state index contributed by atoms with van der Waals surface area (Å²) in [5.41, 5.74) is 1.07. The first-order valence-corrected chi connectivity index (χ1v) is 7.14. The summed E-state index contributed by atoms with van der Waals surface area (Å²) in [7, 11) is 0. The number of benzene rings is 1. The fourth-order valence-corrected chi connectivity index (χ4v) is 2.17. The van der Waals surface area contributed by atoms with Crippen molar-refractivity contribution in [3.63, 3.8) is 0 Å². The standard InChI is InChI=1S/C15H22ClNO2/c1-4-7-14(15(18)19-5-2)17-11(3)12-8-6-9-13(16)10-12/h6,8-11,14,17H,4-5,7H2,1-3H3/t11-,14?/m0/s1. The van der Waals surface area contributed by atoms with Crippen LogP contribution in [-0.2, 0) is 9.53 Å². The number of hydrogen-bond donors (Lipinski definition) is 1. The number of ether oxygens (including phenoxy) is 1. The minimum Gasteiger partial charge on any atom is -0.465 e. The Labute approximate surface area is 120 Å². The first kappa shape index (κ1) is 16.0. The lowest BCUT2D eigenvalue weighted by atomic mass is 10.1. The van der Waals surface area contributed by atoms with Crippen molar-refractivity contribution in [1.82, 2.24) is 5.32 Å². The third-order valence-corrected chi connectivity index (χ3v) is 3.18. The monoisotopic (exact) mass is 283 g/mol. The Kier molecular flexibility index (Phi) is 6.89. The molecule has 3 nitrogen and oxygen atoms in total. The van der Waals surface area contributed by atoms with Crippen LogP contribution in [0.5, 0.6) is 0 Å². The second kappa shape index (κ2) is 8.18. The minimum atomic E-state index is -0.265. The van der Waals surface area contributed by atoms with Gasteiger partial charge in [0.1, 0.15) is 6.04 Å². The molecule has 1 aromatic rings. The average molecular weight is 284 g/mol. The van der Waals surface area contributed by atoms with Gasteiger partial charge in [-0.2, -0.15) is 0 Å². The van der Waals surface area contributed by atoms with Crippen molar-refractivity contribution in [2.24, 2.45) is 0 Å². The lowest BCUT2D eigenvalue weighted by molar-refractivity contribution is -0.146. The van der Waals surface area contributed by atoms with Crippen LogP contribution in [0.15, 0.2) is 24.3 Å². The Morgan fingerprint density at radius 3 is 2.74 bits per heavy atom. The smallest absolute Gasteiger partial charge is 0.323 e. The number of rotatable bonds is 7. The zero-order valence-electron chi connectivity index (χ0n) is 11.8. The summed E-state index contributed by atoms with van der Waals surface area (Å²) >= 11 is 5.98. The predicted molar refractivity (Wildman–Crippen MR) is 78.3 cm³/mol. The number of nitrogens with one attached hydrogen (secondary N) is 1. The highest BCUT2D eigenvalue weighted by Crippen LogP contribution is 2.18. The Hall–Kier alpha value is -1.06. The van der Waals surface area contributed by atoms with Gasteiger partial charge in [0.05, 0.1) is 6.61 Å². The Morgan fingerprint density at radius 2 is 2.16 bits per heavy atom. The summed E-state index contributed by atoms with van der Waals surface area (Å²) in [5, 5.41) is 4.02. The first-order valence-electron chi connectivity index (χ1n) is 6.76. The molecule has 1 unspecified atom stereocenters. The van der Waals surface area contributed by atoms with Gasteiger partial charge in [0.25, 0.3) is 0 Å². The molecule has 0 amide bonds. The van der Waals surface area contributed by atoms with Crippen molar-refractivity contribution in [1.29, 1.82) is 0 Å². The van der Waals surface area contributed by atoms with Crippen molar-refractivity contribution in [2.75, 3.05) is 6.61 Å². The largest absolute Gasteiger partial charge is 0.465 e. The molecule has 0 radical (unpaired) electrons. The molecule has 19 heavy (non-hydrogen) atoms. The zero-order valence-corrected chi connectivity index (χ0v) is 12.5. The van der Waals surface area contributed by atoms with Gasteiger partial charge in [0, 0.05) is 11.1 Å². The summed E-state index contributed by atoms with van der Waals surface area (Å²) in [4.78, 5) is 11.9. The molecule has 0 saturated heterocycles. The van der Waals surface area contributed by atoms with E-state index in [0.717, 1.165) is 18.4 Å². The first-order chi connectivity index (χ1) is 9.08. The molecule has 1 aromatic carbocycles. The van der Waals surface area contributed by atoms with Crippen molar-refractivity contribution in [3.8, 4) is 0 Å². The van der Waals surface area contributed by atoms with Crippen molar-refractivity contribution < 1.29 is 9.53 Å². The minimum absolute atomic E-state index is 0.0552. The van der Waals surface area contributed by atoms with Gasteiger partial charge in [0.15, 0.2) is 0 Å². The third kappa shape index (κ3) is 5.21. The average Bonchev–Trinajstić information content (AvgIpc) is 2.38. The van der Waals surface area contributed by atoms with E-state index >= 15 is 0 Å². The van der Waals surface area contributed by atoms with Crippen LogP contribution in [0.25, 0.3) is 0 Å². The van der Waals surface area contributed by atoms with Gasteiger partial charge in [-0.3, -0.25) is 10.1 Å². The second-order valence-electron chi connectivity index (χ2n) is 4.54. The highest BCUT2D eigenvalue weighted by atomic mass is 35.5. The van der Waals surface area contributed by atoms with E-state index in [1.165, 1.54) is 0 Å². The molecular weight excluding hydrogens is 262 g/mol. The molecule has 0 fully saturated rings. The van der Waals surface area contributed by atoms with Gasteiger partial charge in [-0.05, 0) is 38.0 Å². The van der Waals surface area contributed by atoms with Crippen molar-refractivity contribution in [2.45, 2.75) is 45.7 Å². The molecule has 0 aliphatic carbocycles. The lowest BCUT2D eigenvalue weighted by Gasteiger charge is -2.22. The molecule has 0 aliphatic heterocycles. The van der Waals surface area contributed by atoms with Crippen LogP contribution < -0.4 is 5.32 Å². The molecule has 1 rings (SSSR count). The van der Waals surface area contributed by atoms with Gasteiger partial charge >= 0.3 is 5.97 Å². The molecule has 4 heteroatoms. The van der Waals surface area contributed by atoms with E-state index in [1.54, 1.807) is 0 Å². The SMILES string of the molecule is CCCC(N[C@@H](C)c1cccc(Cl)c1)C(=O)OCC.